The second-order valence-electron chi connectivity index (χ2n) is 7.44. The van der Waals surface area contributed by atoms with Crippen LogP contribution in [0.5, 0.6) is 11.5 Å². The fraction of sp³-hybridized carbons (Fsp3) is 0.304. The van der Waals surface area contributed by atoms with E-state index in [2.05, 4.69) is 10.2 Å². The minimum Gasteiger partial charge on any atom is -0.486 e. The third-order valence-corrected chi connectivity index (χ3v) is 5.39. The molecule has 2 amide bonds. The van der Waals surface area contributed by atoms with Gasteiger partial charge in [-0.3, -0.25) is 9.59 Å². The zero-order valence-electron chi connectivity index (χ0n) is 16.7. The van der Waals surface area contributed by atoms with Crippen molar-refractivity contribution >= 4 is 29.3 Å². The van der Waals surface area contributed by atoms with E-state index >= 15 is 0 Å². The summed E-state index contributed by atoms with van der Waals surface area (Å²) in [7, 11) is 0. The Labute approximate surface area is 175 Å². The van der Waals surface area contributed by atoms with Gasteiger partial charge in [0.1, 0.15) is 13.2 Å². The largest absolute Gasteiger partial charge is 0.486 e. The van der Waals surface area contributed by atoms with Crippen LogP contribution in [-0.2, 0) is 9.59 Å². The average Bonchev–Trinajstić information content (AvgIpc) is 2.78. The van der Waals surface area contributed by atoms with Gasteiger partial charge < -0.3 is 25.4 Å². The van der Waals surface area contributed by atoms with E-state index in [4.69, 9.17) is 15.2 Å². The van der Waals surface area contributed by atoms with Crippen LogP contribution in [0.2, 0.25) is 0 Å². The van der Waals surface area contributed by atoms with Crippen molar-refractivity contribution in [2.24, 2.45) is 11.7 Å². The van der Waals surface area contributed by atoms with Gasteiger partial charge >= 0.3 is 0 Å². The maximum absolute atomic E-state index is 12.3. The van der Waals surface area contributed by atoms with E-state index in [9.17, 15) is 9.59 Å². The molecule has 2 aromatic rings. The maximum atomic E-state index is 12.3. The molecule has 4 rings (SSSR count). The summed E-state index contributed by atoms with van der Waals surface area (Å²) in [5.41, 5.74) is 8.06. The standard InChI is InChI=1S/C23H25N3O4/c24-23(28)17-9-11-26(12-10-17)19-5-3-18(4-6-19)25-22(27)8-2-16-1-7-20-21(15-16)30-14-13-29-20/h1-8,15,17H,9-14H2,(H2,24,28)(H,25,27)/b8-2+. The molecule has 2 aliphatic rings. The number of carbonyl (C=O) groups excluding carboxylic acids is 2. The molecule has 0 atom stereocenters. The Hall–Kier alpha value is -3.48. The number of ether oxygens (including phenoxy) is 2. The van der Waals surface area contributed by atoms with Crippen LogP contribution in [0, 0.1) is 5.92 Å². The quantitative estimate of drug-likeness (QED) is 0.744. The number of hydrogen-bond donors (Lipinski definition) is 2. The Kier molecular flexibility index (Phi) is 5.88. The summed E-state index contributed by atoms with van der Waals surface area (Å²) in [5, 5.41) is 2.87. The van der Waals surface area contributed by atoms with E-state index in [-0.39, 0.29) is 17.7 Å². The first-order chi connectivity index (χ1) is 14.6. The van der Waals surface area contributed by atoms with Crippen molar-refractivity contribution in [1.29, 1.82) is 0 Å². The van der Waals surface area contributed by atoms with E-state index in [1.54, 1.807) is 6.08 Å². The molecule has 2 aliphatic heterocycles. The summed E-state index contributed by atoms with van der Waals surface area (Å²) in [6.07, 6.45) is 4.79. The number of amides is 2. The minimum absolute atomic E-state index is 0.0270. The molecule has 0 saturated carbocycles. The number of fused-ring (bicyclic) bond motifs is 1. The predicted molar refractivity (Wildman–Crippen MR) is 116 cm³/mol. The second kappa shape index (κ2) is 8.90. The molecule has 7 heteroatoms. The number of hydrogen-bond acceptors (Lipinski definition) is 5. The Morgan fingerprint density at radius 3 is 2.40 bits per heavy atom. The molecule has 0 aliphatic carbocycles. The lowest BCUT2D eigenvalue weighted by atomic mass is 9.96. The predicted octanol–water partition coefficient (Wildman–Crippen LogP) is 2.81. The Morgan fingerprint density at radius 1 is 1.00 bits per heavy atom. The lowest BCUT2D eigenvalue weighted by molar-refractivity contribution is -0.122. The molecular weight excluding hydrogens is 382 g/mol. The van der Waals surface area contributed by atoms with Crippen molar-refractivity contribution in [1.82, 2.24) is 0 Å². The molecule has 0 spiro atoms. The third-order valence-electron chi connectivity index (χ3n) is 5.39. The van der Waals surface area contributed by atoms with Gasteiger partial charge in [0.25, 0.3) is 0 Å². The van der Waals surface area contributed by atoms with Crippen molar-refractivity contribution in [2.75, 3.05) is 36.5 Å². The highest BCUT2D eigenvalue weighted by Crippen LogP contribution is 2.31. The summed E-state index contributed by atoms with van der Waals surface area (Å²) in [5.74, 6) is 0.971. The molecule has 1 saturated heterocycles. The van der Waals surface area contributed by atoms with Crippen LogP contribution >= 0.6 is 0 Å². The minimum atomic E-state index is -0.211. The van der Waals surface area contributed by atoms with Gasteiger partial charge in [-0.25, -0.2) is 0 Å². The number of nitrogens with zero attached hydrogens (tertiary/aromatic N) is 1. The van der Waals surface area contributed by atoms with Crippen molar-refractivity contribution in [3.63, 3.8) is 0 Å². The fourth-order valence-corrected chi connectivity index (χ4v) is 3.70. The number of anilines is 2. The highest BCUT2D eigenvalue weighted by molar-refractivity contribution is 6.02. The number of benzene rings is 2. The lowest BCUT2D eigenvalue weighted by Gasteiger charge is -2.32. The van der Waals surface area contributed by atoms with Crippen LogP contribution in [0.25, 0.3) is 6.08 Å². The summed E-state index contributed by atoms with van der Waals surface area (Å²) in [6, 6.07) is 13.3. The number of primary amides is 1. The Morgan fingerprint density at radius 2 is 1.70 bits per heavy atom. The zero-order chi connectivity index (χ0) is 20.9. The topological polar surface area (TPSA) is 93.9 Å². The van der Waals surface area contributed by atoms with E-state index in [1.807, 2.05) is 42.5 Å². The van der Waals surface area contributed by atoms with Crippen molar-refractivity contribution < 1.29 is 19.1 Å². The van der Waals surface area contributed by atoms with E-state index < -0.39 is 0 Å². The summed E-state index contributed by atoms with van der Waals surface area (Å²) in [4.78, 5) is 25.8. The number of nitrogens with two attached hydrogens (primary N) is 1. The average molecular weight is 407 g/mol. The van der Waals surface area contributed by atoms with E-state index in [0.29, 0.717) is 19.0 Å². The highest BCUT2D eigenvalue weighted by Gasteiger charge is 2.23. The van der Waals surface area contributed by atoms with E-state index in [1.165, 1.54) is 6.08 Å². The number of rotatable bonds is 5. The van der Waals surface area contributed by atoms with Crippen LogP contribution < -0.4 is 25.4 Å². The number of carbonyl (C=O) groups is 2. The maximum Gasteiger partial charge on any atom is 0.248 e. The van der Waals surface area contributed by atoms with E-state index in [0.717, 1.165) is 48.6 Å². The SMILES string of the molecule is NC(=O)C1CCN(c2ccc(NC(=O)/C=C/c3ccc4c(c3)OCCO4)cc2)CC1. The van der Waals surface area contributed by atoms with Crippen LogP contribution in [0.3, 0.4) is 0 Å². The van der Waals surface area contributed by atoms with Crippen LogP contribution in [0.4, 0.5) is 11.4 Å². The first-order valence-corrected chi connectivity index (χ1v) is 10.1. The van der Waals surface area contributed by atoms with Crippen molar-refractivity contribution in [3.05, 3.63) is 54.1 Å². The zero-order valence-corrected chi connectivity index (χ0v) is 16.7. The first kappa shape index (κ1) is 19.8. The molecule has 7 nitrogen and oxygen atoms in total. The highest BCUT2D eigenvalue weighted by atomic mass is 16.6. The van der Waals surface area contributed by atoms with Crippen molar-refractivity contribution in [3.8, 4) is 11.5 Å². The molecule has 2 aromatic carbocycles. The second-order valence-corrected chi connectivity index (χ2v) is 7.44. The molecule has 30 heavy (non-hydrogen) atoms. The molecule has 3 N–H and O–H groups in total. The number of nitrogens with one attached hydrogen (secondary N) is 1. The normalized spacial score (nSPS) is 16.5. The van der Waals surface area contributed by atoms with Crippen LogP contribution in [0.15, 0.2) is 48.5 Å². The van der Waals surface area contributed by atoms with Gasteiger partial charge in [0.05, 0.1) is 0 Å². The Bertz CT molecular complexity index is 947. The van der Waals surface area contributed by atoms with Gasteiger partial charge in [-0.1, -0.05) is 6.07 Å². The van der Waals surface area contributed by atoms with Crippen LogP contribution in [-0.4, -0.2) is 38.1 Å². The lowest BCUT2D eigenvalue weighted by Crippen LogP contribution is -2.38. The summed E-state index contributed by atoms with van der Waals surface area (Å²) in [6.45, 7) is 2.68. The van der Waals surface area contributed by atoms with Gasteiger partial charge in [0.15, 0.2) is 11.5 Å². The Balaban J connectivity index is 1.31. The molecule has 0 bridgehead atoms. The van der Waals surface area contributed by atoms with Gasteiger partial charge in [-0.15, -0.1) is 0 Å². The molecule has 156 valence electrons. The summed E-state index contributed by atoms with van der Waals surface area (Å²) >= 11 is 0. The first-order valence-electron chi connectivity index (χ1n) is 10.1. The molecule has 2 heterocycles. The van der Waals surface area contributed by atoms with Crippen LogP contribution in [0.1, 0.15) is 18.4 Å². The fourth-order valence-electron chi connectivity index (χ4n) is 3.70. The molecular formula is C23H25N3O4. The monoisotopic (exact) mass is 407 g/mol. The van der Waals surface area contributed by atoms with Crippen molar-refractivity contribution in [2.45, 2.75) is 12.8 Å². The number of piperidine rings is 1. The van der Waals surface area contributed by atoms with Gasteiger partial charge in [0.2, 0.25) is 11.8 Å². The third kappa shape index (κ3) is 4.74. The molecule has 0 radical (unpaired) electrons. The smallest absolute Gasteiger partial charge is 0.248 e. The molecule has 0 aromatic heterocycles. The molecule has 0 unspecified atom stereocenters. The summed E-state index contributed by atoms with van der Waals surface area (Å²) < 4.78 is 11.1. The molecule has 1 fully saturated rings. The van der Waals surface area contributed by atoms with Gasteiger partial charge in [-0.05, 0) is 60.9 Å². The van der Waals surface area contributed by atoms with Gasteiger partial charge in [0, 0.05) is 36.5 Å². The van der Waals surface area contributed by atoms with Gasteiger partial charge in [-0.2, -0.15) is 0 Å².